The van der Waals surface area contributed by atoms with E-state index in [2.05, 4.69) is 20.4 Å². The summed E-state index contributed by atoms with van der Waals surface area (Å²) < 4.78 is 26.3. The summed E-state index contributed by atoms with van der Waals surface area (Å²) in [4.78, 5) is 9.37. The molecule has 0 saturated carbocycles. The van der Waals surface area contributed by atoms with Gasteiger partial charge in [0.05, 0.1) is 21.8 Å². The molecule has 2 aromatic carbocycles. The molecular weight excluding hydrogens is 474 g/mol. The van der Waals surface area contributed by atoms with E-state index in [1.54, 1.807) is 50.4 Å². The number of hydrogen-bond acceptors (Lipinski definition) is 8. The highest BCUT2D eigenvalue weighted by molar-refractivity contribution is 8.24. The van der Waals surface area contributed by atoms with Crippen LogP contribution in [0, 0.1) is 0 Å². The van der Waals surface area contributed by atoms with Crippen molar-refractivity contribution in [2.75, 3.05) is 12.8 Å². The lowest BCUT2D eigenvalue weighted by Crippen LogP contribution is -2.10. The van der Waals surface area contributed by atoms with Crippen LogP contribution >= 0.6 is 22.2 Å². The molecule has 34 heavy (non-hydrogen) atoms. The topological polar surface area (TPSA) is 130 Å². The number of nitrogens with zero attached hydrogens (tertiary/aromatic N) is 3. The van der Waals surface area contributed by atoms with Crippen LogP contribution < -0.4 is 11.1 Å². The van der Waals surface area contributed by atoms with Crippen molar-refractivity contribution in [3.05, 3.63) is 65.3 Å². The van der Waals surface area contributed by atoms with Crippen LogP contribution in [0.15, 0.2) is 64.1 Å². The molecule has 4 aromatic rings. The molecule has 10 heteroatoms. The Morgan fingerprint density at radius 2 is 1.85 bits per heavy atom. The Labute approximate surface area is 209 Å². The van der Waals surface area contributed by atoms with Crippen LogP contribution in [0.25, 0.3) is 34.0 Å². The molecular formula is C24H32ClN5O3S. The fourth-order valence-corrected chi connectivity index (χ4v) is 4.79. The molecule has 2 aromatic heterocycles. The first-order valence-corrected chi connectivity index (χ1v) is 12.6. The molecule has 0 unspecified atom stereocenters. The fraction of sp³-hybridized carbons (Fsp3) is 0.208. The van der Waals surface area contributed by atoms with E-state index in [1.807, 2.05) is 25.2 Å². The minimum atomic E-state index is -2.86. The van der Waals surface area contributed by atoms with E-state index < -0.39 is 10.6 Å². The van der Waals surface area contributed by atoms with Gasteiger partial charge < -0.3 is 15.6 Å². The van der Waals surface area contributed by atoms with Gasteiger partial charge in [-0.1, -0.05) is 41.0 Å². The standard InChI is InChI=1S/C24H26ClN5O3S.3H2/c1-14(2)34(31,32)17-7-5-16(6-8-17)21-13-28-24(26)23(29-21)22-11-20(30-33-22)18-9-4-15(12-27-3)10-19(18)25;;;/h4-11,13-14,27,31-32H,12H2,1-3H3,(H2,26,28);3*1H. The smallest absolute Gasteiger partial charge is 0.189 e. The summed E-state index contributed by atoms with van der Waals surface area (Å²) >= 11 is 6.46. The van der Waals surface area contributed by atoms with Crippen molar-refractivity contribution in [2.45, 2.75) is 30.5 Å². The van der Waals surface area contributed by atoms with E-state index in [4.69, 9.17) is 21.9 Å². The summed E-state index contributed by atoms with van der Waals surface area (Å²) in [5.74, 6) is 0.565. The zero-order valence-corrected chi connectivity index (χ0v) is 20.6. The van der Waals surface area contributed by atoms with E-state index in [0.717, 1.165) is 16.7 Å². The lowest BCUT2D eigenvalue weighted by Gasteiger charge is -2.36. The van der Waals surface area contributed by atoms with Gasteiger partial charge in [-0.25, -0.2) is 9.97 Å². The SMILES string of the molecule is CNCc1ccc(-c2cc(-c3nc(-c4ccc(S(O)(O)C(C)C)cc4)cnc3N)on2)c(Cl)c1.[HH].[HH].[HH]. The van der Waals surface area contributed by atoms with Gasteiger partial charge in [-0.2, -0.15) is 10.6 Å². The van der Waals surface area contributed by atoms with E-state index in [0.29, 0.717) is 39.3 Å². The number of hydrogen-bond donors (Lipinski definition) is 4. The van der Waals surface area contributed by atoms with Crippen molar-refractivity contribution in [1.82, 2.24) is 20.4 Å². The summed E-state index contributed by atoms with van der Waals surface area (Å²) in [6.07, 6.45) is 1.56. The molecule has 4 rings (SSSR count). The van der Waals surface area contributed by atoms with Crippen molar-refractivity contribution in [3.63, 3.8) is 0 Å². The monoisotopic (exact) mass is 505 g/mol. The summed E-state index contributed by atoms with van der Waals surface area (Å²) in [6, 6.07) is 14.4. The number of anilines is 1. The highest BCUT2D eigenvalue weighted by Crippen LogP contribution is 2.52. The van der Waals surface area contributed by atoms with Crippen LogP contribution in [-0.4, -0.2) is 36.5 Å². The van der Waals surface area contributed by atoms with Crippen molar-refractivity contribution in [1.29, 1.82) is 0 Å². The number of nitrogens with two attached hydrogens (primary N) is 1. The lowest BCUT2D eigenvalue weighted by atomic mass is 10.1. The Hall–Kier alpha value is -2.95. The van der Waals surface area contributed by atoms with E-state index in [1.165, 1.54) is 0 Å². The summed E-state index contributed by atoms with van der Waals surface area (Å²) in [6.45, 7) is 4.26. The third kappa shape index (κ3) is 4.79. The van der Waals surface area contributed by atoms with Gasteiger partial charge in [-0.15, -0.1) is 0 Å². The van der Waals surface area contributed by atoms with Gasteiger partial charge in [0.2, 0.25) is 0 Å². The number of rotatable bonds is 7. The predicted octanol–water partition coefficient (Wildman–Crippen LogP) is 6.68. The minimum absolute atomic E-state index is 0. The first-order valence-electron chi connectivity index (χ1n) is 10.6. The first kappa shape index (κ1) is 24.2. The largest absolute Gasteiger partial charge is 0.382 e. The summed E-state index contributed by atoms with van der Waals surface area (Å²) in [5, 5.41) is 7.52. The van der Waals surface area contributed by atoms with Crippen LogP contribution in [0.4, 0.5) is 5.82 Å². The second-order valence-corrected chi connectivity index (χ2v) is 11.1. The highest BCUT2D eigenvalue weighted by Gasteiger charge is 2.21. The minimum Gasteiger partial charge on any atom is -0.382 e. The molecule has 184 valence electrons. The molecule has 2 heterocycles. The Kier molecular flexibility index (Phi) is 6.92. The molecule has 0 aliphatic heterocycles. The quantitative estimate of drug-likeness (QED) is 0.219. The molecule has 0 radical (unpaired) electrons. The molecule has 0 saturated heterocycles. The fourth-order valence-electron chi connectivity index (χ4n) is 3.41. The maximum Gasteiger partial charge on any atom is 0.189 e. The predicted molar refractivity (Wildman–Crippen MR) is 143 cm³/mol. The Balaban J connectivity index is 0.00000228. The average molecular weight is 506 g/mol. The van der Waals surface area contributed by atoms with Crippen molar-refractivity contribution < 1.29 is 17.9 Å². The lowest BCUT2D eigenvalue weighted by molar-refractivity contribution is 0.434. The Morgan fingerprint density at radius 3 is 2.50 bits per heavy atom. The van der Waals surface area contributed by atoms with Gasteiger partial charge in [0.1, 0.15) is 5.69 Å². The van der Waals surface area contributed by atoms with Gasteiger partial charge in [-0.05, 0) is 44.7 Å². The molecule has 0 aliphatic rings. The molecule has 0 amide bonds. The second kappa shape index (κ2) is 9.73. The number of nitrogens with one attached hydrogen (secondary N) is 1. The molecule has 0 fully saturated rings. The highest BCUT2D eigenvalue weighted by atomic mass is 35.5. The van der Waals surface area contributed by atoms with Crippen LogP contribution in [0.3, 0.4) is 0 Å². The third-order valence-corrected chi connectivity index (χ3v) is 7.98. The first-order chi connectivity index (χ1) is 16.2. The van der Waals surface area contributed by atoms with Gasteiger partial charge in [-0.3, -0.25) is 9.11 Å². The Morgan fingerprint density at radius 1 is 1.12 bits per heavy atom. The average Bonchev–Trinajstić information content (AvgIpc) is 3.29. The third-order valence-electron chi connectivity index (χ3n) is 5.39. The molecule has 0 bridgehead atoms. The van der Waals surface area contributed by atoms with E-state index in [-0.39, 0.29) is 15.3 Å². The summed E-state index contributed by atoms with van der Waals surface area (Å²) in [5.41, 5.74) is 10.1. The molecule has 0 atom stereocenters. The zero-order chi connectivity index (χ0) is 24.5. The van der Waals surface area contributed by atoms with Crippen molar-refractivity contribution in [2.24, 2.45) is 0 Å². The van der Waals surface area contributed by atoms with Gasteiger partial charge in [0.25, 0.3) is 0 Å². The maximum absolute atomic E-state index is 10.4. The van der Waals surface area contributed by atoms with Crippen LogP contribution in [0.5, 0.6) is 0 Å². The van der Waals surface area contributed by atoms with E-state index in [9.17, 15) is 9.11 Å². The number of benzene rings is 2. The molecule has 0 spiro atoms. The number of aromatic nitrogens is 3. The van der Waals surface area contributed by atoms with Gasteiger partial charge >= 0.3 is 0 Å². The summed E-state index contributed by atoms with van der Waals surface area (Å²) in [7, 11) is -0.987. The van der Waals surface area contributed by atoms with Gasteiger partial charge in [0.15, 0.2) is 17.3 Å². The molecule has 8 nitrogen and oxygen atoms in total. The van der Waals surface area contributed by atoms with Crippen molar-refractivity contribution >= 4 is 28.0 Å². The van der Waals surface area contributed by atoms with Crippen molar-refractivity contribution in [3.8, 4) is 34.0 Å². The second-order valence-electron chi connectivity index (χ2n) is 8.08. The van der Waals surface area contributed by atoms with Crippen LogP contribution in [0.1, 0.15) is 23.7 Å². The van der Waals surface area contributed by atoms with Gasteiger partial charge in [0, 0.05) is 33.3 Å². The maximum atomic E-state index is 10.4. The van der Waals surface area contributed by atoms with Crippen LogP contribution in [-0.2, 0) is 6.54 Å². The number of halogens is 1. The normalized spacial score (nSPS) is 12.3. The number of nitrogen functional groups attached to an aromatic ring is 1. The van der Waals surface area contributed by atoms with Crippen LogP contribution in [0.2, 0.25) is 5.02 Å². The Bertz CT molecular complexity index is 1320. The van der Waals surface area contributed by atoms with E-state index >= 15 is 0 Å². The zero-order valence-electron chi connectivity index (χ0n) is 19.0. The molecule has 5 N–H and O–H groups in total. The molecule has 0 aliphatic carbocycles.